The van der Waals surface area contributed by atoms with E-state index in [4.69, 9.17) is 0 Å². The molecule has 0 aromatic heterocycles. The molecule has 2 heterocycles. The summed E-state index contributed by atoms with van der Waals surface area (Å²) < 4.78 is 0. The molecule has 0 radical (unpaired) electrons. The van der Waals surface area contributed by atoms with Crippen molar-refractivity contribution in [2.24, 2.45) is 0 Å². The molecule has 1 N–H and O–H groups in total. The molecule has 84 valence electrons. The van der Waals surface area contributed by atoms with Gasteiger partial charge < -0.3 is 5.11 Å². The van der Waals surface area contributed by atoms with Gasteiger partial charge in [0.1, 0.15) is 0 Å². The van der Waals surface area contributed by atoms with Crippen LogP contribution in [0.25, 0.3) is 0 Å². The molecule has 0 aromatic rings. The smallest absolute Gasteiger partial charge is 0.288 e. The van der Waals surface area contributed by atoms with E-state index in [1.807, 2.05) is 11.9 Å². The minimum atomic E-state index is -0.333. The summed E-state index contributed by atoms with van der Waals surface area (Å²) in [5.41, 5.74) is 0. The zero-order valence-electron chi connectivity index (χ0n) is 8.55. The minimum absolute atomic E-state index is 0.103. The Morgan fingerprint density at radius 2 is 2.27 bits per heavy atom. The van der Waals surface area contributed by atoms with Crippen LogP contribution in [0.15, 0.2) is 0 Å². The molecular weight excluding hydrogens is 216 g/mol. The zero-order chi connectivity index (χ0) is 11.0. The van der Waals surface area contributed by atoms with Gasteiger partial charge in [0.15, 0.2) is 0 Å². The number of carbonyl (C=O) groups excluding carboxylic acids is 2. The number of hydrogen-bond acceptors (Lipinski definition) is 5. The van der Waals surface area contributed by atoms with Gasteiger partial charge in [0.05, 0.1) is 11.9 Å². The number of aliphatic hydroxyl groups excluding tert-OH is 1. The number of rotatable bonds is 2. The highest BCUT2D eigenvalue weighted by molar-refractivity contribution is 8.14. The third kappa shape index (κ3) is 2.16. The molecule has 15 heavy (non-hydrogen) atoms. The molecule has 0 spiro atoms. The van der Waals surface area contributed by atoms with Crippen molar-refractivity contribution in [2.45, 2.75) is 18.6 Å². The minimum Gasteiger partial charge on any atom is -0.392 e. The molecule has 2 aliphatic rings. The van der Waals surface area contributed by atoms with Crippen molar-refractivity contribution in [1.82, 2.24) is 9.80 Å². The number of aliphatic hydroxyl groups is 1. The lowest BCUT2D eigenvalue weighted by atomic mass is 10.2. The third-order valence-electron chi connectivity index (χ3n) is 2.90. The predicted octanol–water partition coefficient (Wildman–Crippen LogP) is -0.253. The molecule has 2 atom stereocenters. The van der Waals surface area contributed by atoms with Crippen LogP contribution >= 0.6 is 11.8 Å². The second kappa shape index (κ2) is 4.11. The summed E-state index contributed by atoms with van der Waals surface area (Å²) in [6, 6.07) is 0.103. The number of thioether (sulfide) groups is 1. The number of amides is 2. The van der Waals surface area contributed by atoms with Crippen LogP contribution in [0.1, 0.15) is 6.42 Å². The van der Waals surface area contributed by atoms with E-state index in [0.29, 0.717) is 19.5 Å². The van der Waals surface area contributed by atoms with Crippen LogP contribution in [-0.4, -0.2) is 64.1 Å². The Morgan fingerprint density at radius 1 is 1.53 bits per heavy atom. The number of likely N-dealkylation sites (N-methyl/N-ethyl adjacent to an activating group) is 1. The van der Waals surface area contributed by atoms with Gasteiger partial charge in [-0.25, -0.2) is 0 Å². The molecule has 2 fully saturated rings. The van der Waals surface area contributed by atoms with E-state index in [-0.39, 0.29) is 29.0 Å². The number of carbonyl (C=O) groups is 2. The van der Waals surface area contributed by atoms with Crippen LogP contribution in [0.4, 0.5) is 4.79 Å². The molecule has 2 rings (SSSR count). The average Bonchev–Trinajstić information content (AvgIpc) is 2.63. The summed E-state index contributed by atoms with van der Waals surface area (Å²) in [6.45, 7) is 1.03. The van der Waals surface area contributed by atoms with Gasteiger partial charge in [0.25, 0.3) is 5.24 Å². The standard InChI is InChI=1S/C9H14N2O3S/c1-10-4-7(12)2-6(10)3-11-8(13)5-15-9(11)14/h6-7,12H,2-5H2,1H3/t6-,7+/m0/s1. The van der Waals surface area contributed by atoms with Gasteiger partial charge in [-0.15, -0.1) is 0 Å². The monoisotopic (exact) mass is 230 g/mol. The molecule has 0 bridgehead atoms. The Kier molecular flexibility index (Phi) is 2.99. The van der Waals surface area contributed by atoms with E-state index in [1.165, 1.54) is 4.90 Å². The molecule has 0 aliphatic carbocycles. The Bertz CT molecular complexity index is 281. The fraction of sp³-hybridized carbons (Fsp3) is 0.778. The molecule has 2 amide bonds. The second-order valence-corrected chi connectivity index (χ2v) is 4.97. The van der Waals surface area contributed by atoms with Gasteiger partial charge in [-0.1, -0.05) is 11.8 Å². The van der Waals surface area contributed by atoms with E-state index in [0.717, 1.165) is 11.8 Å². The van der Waals surface area contributed by atoms with Crippen molar-refractivity contribution in [3.8, 4) is 0 Å². The van der Waals surface area contributed by atoms with Gasteiger partial charge in [-0.2, -0.15) is 0 Å². The fourth-order valence-electron chi connectivity index (χ4n) is 2.03. The number of β-amino-alcohol motifs (C(OH)–C–C–N with tert-alkyl or cyclic N) is 1. The van der Waals surface area contributed by atoms with Crippen LogP contribution in [0.5, 0.6) is 0 Å². The molecule has 6 heteroatoms. The molecule has 0 saturated carbocycles. The summed E-state index contributed by atoms with van der Waals surface area (Å²) >= 11 is 1.06. The Balaban J connectivity index is 1.96. The van der Waals surface area contributed by atoms with Gasteiger partial charge in [0.2, 0.25) is 5.91 Å². The van der Waals surface area contributed by atoms with Crippen LogP contribution in [0.2, 0.25) is 0 Å². The highest BCUT2D eigenvalue weighted by Crippen LogP contribution is 2.23. The zero-order valence-corrected chi connectivity index (χ0v) is 9.37. The largest absolute Gasteiger partial charge is 0.392 e. The van der Waals surface area contributed by atoms with Crippen molar-refractivity contribution in [3.63, 3.8) is 0 Å². The van der Waals surface area contributed by atoms with Crippen molar-refractivity contribution in [3.05, 3.63) is 0 Å². The molecule has 2 aliphatic heterocycles. The Hall–Kier alpha value is -0.590. The molecule has 2 saturated heterocycles. The predicted molar refractivity (Wildman–Crippen MR) is 56.6 cm³/mol. The molecular formula is C9H14N2O3S. The fourth-order valence-corrected chi connectivity index (χ4v) is 2.77. The van der Waals surface area contributed by atoms with Crippen LogP contribution in [-0.2, 0) is 4.79 Å². The highest BCUT2D eigenvalue weighted by atomic mass is 32.2. The maximum atomic E-state index is 11.4. The summed E-state index contributed by atoms with van der Waals surface area (Å²) in [5, 5.41) is 9.28. The van der Waals surface area contributed by atoms with Crippen LogP contribution in [0.3, 0.4) is 0 Å². The van der Waals surface area contributed by atoms with Crippen LogP contribution in [0, 0.1) is 0 Å². The first-order valence-corrected chi connectivity index (χ1v) is 5.92. The first kappa shape index (κ1) is 10.9. The SMILES string of the molecule is CN1C[C@H](O)C[C@H]1CN1C(=O)CSC1=O. The number of likely N-dealkylation sites (tertiary alicyclic amines) is 1. The first-order chi connectivity index (χ1) is 7.08. The molecule has 0 unspecified atom stereocenters. The molecule has 5 nitrogen and oxygen atoms in total. The highest BCUT2D eigenvalue weighted by Gasteiger charge is 2.36. The topological polar surface area (TPSA) is 60.9 Å². The second-order valence-electron chi connectivity index (χ2n) is 4.04. The molecule has 0 aromatic carbocycles. The summed E-state index contributed by atoms with van der Waals surface area (Å²) in [6.07, 6.45) is 0.304. The van der Waals surface area contributed by atoms with Crippen molar-refractivity contribution in [2.75, 3.05) is 25.9 Å². The third-order valence-corrected chi connectivity index (χ3v) is 3.76. The summed E-state index contributed by atoms with van der Waals surface area (Å²) in [4.78, 5) is 26.0. The van der Waals surface area contributed by atoms with Gasteiger partial charge in [-0.3, -0.25) is 19.4 Å². The van der Waals surface area contributed by atoms with E-state index in [9.17, 15) is 14.7 Å². The average molecular weight is 230 g/mol. The Labute approximate surface area is 92.4 Å². The van der Waals surface area contributed by atoms with Gasteiger partial charge in [0, 0.05) is 19.1 Å². The van der Waals surface area contributed by atoms with Crippen molar-refractivity contribution in [1.29, 1.82) is 0 Å². The lowest BCUT2D eigenvalue weighted by Gasteiger charge is -2.23. The van der Waals surface area contributed by atoms with Gasteiger partial charge >= 0.3 is 0 Å². The maximum absolute atomic E-state index is 11.4. The summed E-state index contributed by atoms with van der Waals surface area (Å²) in [7, 11) is 1.90. The first-order valence-electron chi connectivity index (χ1n) is 4.93. The lowest BCUT2D eigenvalue weighted by Crippen LogP contribution is -2.40. The summed E-state index contributed by atoms with van der Waals surface area (Å²) in [5.74, 6) is 0.150. The number of imide groups is 1. The maximum Gasteiger partial charge on any atom is 0.288 e. The number of hydrogen-bond donors (Lipinski definition) is 1. The van der Waals surface area contributed by atoms with Gasteiger partial charge in [-0.05, 0) is 13.5 Å². The van der Waals surface area contributed by atoms with E-state index < -0.39 is 0 Å². The van der Waals surface area contributed by atoms with E-state index in [1.54, 1.807) is 0 Å². The van der Waals surface area contributed by atoms with Crippen molar-refractivity contribution >= 4 is 22.9 Å². The Morgan fingerprint density at radius 3 is 2.73 bits per heavy atom. The normalized spacial score (nSPS) is 33.1. The van der Waals surface area contributed by atoms with Crippen LogP contribution < -0.4 is 0 Å². The van der Waals surface area contributed by atoms with E-state index in [2.05, 4.69) is 0 Å². The van der Waals surface area contributed by atoms with E-state index >= 15 is 0 Å². The lowest BCUT2D eigenvalue weighted by molar-refractivity contribution is -0.125. The number of nitrogens with zero attached hydrogens (tertiary/aromatic N) is 2. The van der Waals surface area contributed by atoms with Crippen molar-refractivity contribution < 1.29 is 14.7 Å². The quantitative estimate of drug-likeness (QED) is 0.708.